The lowest BCUT2D eigenvalue weighted by atomic mass is 9.89. The van der Waals surface area contributed by atoms with Gasteiger partial charge in [0.05, 0.1) is 21.7 Å². The SMILES string of the molecule is COC1CCN(C2CCC(Nc3c(CC4CC4)cnc4ccc(-c5cc(Cl)c(O)c(Cl)c5)cc34)CC2)C1. The number of hydrogen-bond donors (Lipinski definition) is 2. The molecule has 2 aliphatic carbocycles. The molecule has 37 heavy (non-hydrogen) atoms. The van der Waals surface area contributed by atoms with E-state index in [-0.39, 0.29) is 15.8 Å². The Morgan fingerprint density at radius 1 is 1.00 bits per heavy atom. The number of pyridine rings is 1. The summed E-state index contributed by atoms with van der Waals surface area (Å²) >= 11 is 12.5. The van der Waals surface area contributed by atoms with E-state index in [9.17, 15) is 5.11 Å². The van der Waals surface area contributed by atoms with E-state index in [2.05, 4.69) is 28.5 Å². The number of halogens is 2. The van der Waals surface area contributed by atoms with Gasteiger partial charge in [0.15, 0.2) is 5.75 Å². The van der Waals surface area contributed by atoms with Gasteiger partial charge in [0.2, 0.25) is 0 Å². The maximum absolute atomic E-state index is 10.0. The van der Waals surface area contributed by atoms with Gasteiger partial charge in [-0.1, -0.05) is 29.3 Å². The lowest BCUT2D eigenvalue weighted by Gasteiger charge is -2.35. The Morgan fingerprint density at radius 2 is 1.76 bits per heavy atom. The molecule has 0 spiro atoms. The van der Waals surface area contributed by atoms with Crippen molar-refractivity contribution in [2.45, 2.75) is 69.6 Å². The third kappa shape index (κ3) is 5.42. The first kappa shape index (κ1) is 25.2. The van der Waals surface area contributed by atoms with E-state index in [1.54, 1.807) is 12.1 Å². The topological polar surface area (TPSA) is 57.6 Å². The zero-order valence-electron chi connectivity index (χ0n) is 21.4. The second-order valence-corrected chi connectivity index (χ2v) is 11.9. The molecule has 3 aliphatic rings. The van der Waals surface area contributed by atoms with Gasteiger partial charge in [0.25, 0.3) is 0 Å². The van der Waals surface area contributed by atoms with Crippen molar-refractivity contribution in [2.24, 2.45) is 5.92 Å². The quantitative estimate of drug-likeness (QED) is 0.329. The van der Waals surface area contributed by atoms with Crippen LogP contribution in [0.5, 0.6) is 5.75 Å². The van der Waals surface area contributed by atoms with Gasteiger partial charge in [0, 0.05) is 49.6 Å². The van der Waals surface area contributed by atoms with Crippen molar-refractivity contribution in [3.63, 3.8) is 0 Å². The van der Waals surface area contributed by atoms with Gasteiger partial charge in [-0.2, -0.15) is 0 Å². The molecule has 2 heterocycles. The first-order chi connectivity index (χ1) is 18.0. The van der Waals surface area contributed by atoms with Gasteiger partial charge in [-0.05, 0) is 98.2 Å². The van der Waals surface area contributed by atoms with E-state index in [0.717, 1.165) is 53.9 Å². The fourth-order valence-corrected chi connectivity index (χ4v) is 6.66. The van der Waals surface area contributed by atoms with Crippen LogP contribution in [0.2, 0.25) is 10.0 Å². The molecule has 2 aromatic carbocycles. The number of aromatic hydroxyl groups is 1. The molecule has 7 heteroatoms. The van der Waals surface area contributed by atoms with E-state index in [1.807, 2.05) is 13.2 Å². The molecule has 1 unspecified atom stereocenters. The Bertz CT molecular complexity index is 1260. The minimum Gasteiger partial charge on any atom is -0.505 e. The molecule has 0 radical (unpaired) electrons. The summed E-state index contributed by atoms with van der Waals surface area (Å²) in [6.45, 7) is 2.24. The lowest BCUT2D eigenvalue weighted by molar-refractivity contribution is 0.0947. The molecule has 1 aliphatic heterocycles. The predicted octanol–water partition coefficient (Wildman–Crippen LogP) is 7.31. The van der Waals surface area contributed by atoms with Crippen LogP contribution in [0.4, 0.5) is 5.69 Å². The molecule has 0 bridgehead atoms. The second-order valence-electron chi connectivity index (χ2n) is 11.1. The molecular weight excluding hydrogens is 505 g/mol. The van der Waals surface area contributed by atoms with Crippen LogP contribution in [0.1, 0.15) is 50.5 Å². The molecule has 5 nitrogen and oxygen atoms in total. The summed E-state index contributed by atoms with van der Waals surface area (Å²) in [7, 11) is 1.84. The zero-order chi connectivity index (χ0) is 25.5. The van der Waals surface area contributed by atoms with Crippen molar-refractivity contribution in [3.05, 3.63) is 52.1 Å². The Hall–Kier alpha value is -2.05. The fraction of sp³-hybridized carbons (Fsp3) is 0.500. The van der Waals surface area contributed by atoms with Crippen molar-refractivity contribution in [1.29, 1.82) is 0 Å². The van der Waals surface area contributed by atoms with Gasteiger partial charge in [-0.15, -0.1) is 0 Å². The molecule has 3 fully saturated rings. The number of fused-ring (bicyclic) bond motifs is 1. The molecule has 1 atom stereocenters. The molecule has 196 valence electrons. The molecule has 3 aromatic rings. The van der Waals surface area contributed by atoms with Crippen LogP contribution in [0.25, 0.3) is 22.0 Å². The average Bonchev–Trinajstić information content (AvgIpc) is 3.60. The number of nitrogens with one attached hydrogen (secondary N) is 1. The van der Waals surface area contributed by atoms with Crippen LogP contribution in [0.3, 0.4) is 0 Å². The number of ether oxygens (including phenoxy) is 1. The summed E-state index contributed by atoms with van der Waals surface area (Å²) in [5, 5.41) is 15.7. The molecule has 1 aromatic heterocycles. The fourth-order valence-electron chi connectivity index (χ4n) is 6.17. The monoisotopic (exact) mass is 539 g/mol. The highest BCUT2D eigenvalue weighted by Gasteiger charge is 2.32. The average molecular weight is 541 g/mol. The number of anilines is 1. The van der Waals surface area contributed by atoms with Crippen LogP contribution >= 0.6 is 23.2 Å². The van der Waals surface area contributed by atoms with E-state index in [4.69, 9.17) is 32.9 Å². The zero-order valence-corrected chi connectivity index (χ0v) is 22.9. The normalized spacial score (nSPS) is 24.6. The largest absolute Gasteiger partial charge is 0.505 e. The third-order valence-electron chi connectivity index (χ3n) is 8.57. The smallest absolute Gasteiger partial charge is 0.152 e. The first-order valence-electron chi connectivity index (χ1n) is 13.6. The summed E-state index contributed by atoms with van der Waals surface area (Å²) in [6, 6.07) is 11.0. The minimum absolute atomic E-state index is 0.0779. The van der Waals surface area contributed by atoms with Gasteiger partial charge in [-0.25, -0.2) is 0 Å². The van der Waals surface area contributed by atoms with Crippen LogP contribution < -0.4 is 5.32 Å². The molecule has 6 rings (SSSR count). The first-order valence-corrected chi connectivity index (χ1v) is 14.4. The van der Waals surface area contributed by atoms with Crippen LogP contribution in [-0.4, -0.2) is 53.4 Å². The van der Waals surface area contributed by atoms with Gasteiger partial charge < -0.3 is 15.2 Å². The molecule has 1 saturated heterocycles. The Morgan fingerprint density at radius 3 is 2.43 bits per heavy atom. The van der Waals surface area contributed by atoms with Crippen molar-refractivity contribution in [2.75, 3.05) is 25.5 Å². The van der Waals surface area contributed by atoms with E-state index >= 15 is 0 Å². The van der Waals surface area contributed by atoms with Crippen LogP contribution in [-0.2, 0) is 11.2 Å². The van der Waals surface area contributed by atoms with Crippen molar-refractivity contribution < 1.29 is 9.84 Å². The maximum Gasteiger partial charge on any atom is 0.152 e. The predicted molar refractivity (Wildman–Crippen MR) is 152 cm³/mol. The summed E-state index contributed by atoms with van der Waals surface area (Å²) in [5.74, 6) is 0.697. The second kappa shape index (κ2) is 10.6. The van der Waals surface area contributed by atoms with E-state index in [0.29, 0.717) is 18.2 Å². The highest BCUT2D eigenvalue weighted by atomic mass is 35.5. The lowest BCUT2D eigenvalue weighted by Crippen LogP contribution is -2.39. The highest BCUT2D eigenvalue weighted by Crippen LogP contribution is 2.40. The number of likely N-dealkylation sites (tertiary alicyclic amines) is 1. The maximum atomic E-state index is 10.0. The summed E-state index contributed by atoms with van der Waals surface area (Å²) in [4.78, 5) is 7.47. The van der Waals surface area contributed by atoms with Gasteiger partial charge in [0.1, 0.15) is 0 Å². The Balaban J connectivity index is 1.27. The summed E-state index contributed by atoms with van der Waals surface area (Å²) in [5.41, 5.74) is 5.43. The van der Waals surface area contributed by atoms with Gasteiger partial charge >= 0.3 is 0 Å². The number of hydrogen-bond acceptors (Lipinski definition) is 5. The van der Waals surface area contributed by atoms with Crippen molar-refractivity contribution in [1.82, 2.24) is 9.88 Å². The van der Waals surface area contributed by atoms with Crippen molar-refractivity contribution >= 4 is 39.8 Å². The van der Waals surface area contributed by atoms with E-state index in [1.165, 1.54) is 49.8 Å². The molecular formula is C30H35Cl2N3O2. The summed E-state index contributed by atoms with van der Waals surface area (Å²) in [6.07, 6.45) is 12.1. The van der Waals surface area contributed by atoms with Gasteiger partial charge in [-0.3, -0.25) is 9.88 Å². The number of nitrogens with zero attached hydrogens (tertiary/aromatic N) is 2. The number of methoxy groups -OCH3 is 1. The van der Waals surface area contributed by atoms with E-state index < -0.39 is 0 Å². The number of phenolic OH excluding ortho intramolecular Hbond substituents is 1. The van der Waals surface area contributed by atoms with Crippen molar-refractivity contribution in [3.8, 4) is 16.9 Å². The van der Waals surface area contributed by atoms with Crippen LogP contribution in [0, 0.1) is 5.92 Å². The number of phenols is 1. The Kier molecular flexibility index (Phi) is 7.24. The summed E-state index contributed by atoms with van der Waals surface area (Å²) < 4.78 is 5.60. The van der Waals surface area contributed by atoms with Crippen LogP contribution in [0.15, 0.2) is 36.5 Å². The standard InChI is InChI=1S/C30H35Cl2N3O2/c1-37-24-10-11-35(17-24)23-7-5-22(6-8-23)34-29-21(12-18-2-3-18)16-33-28-9-4-19(13-25(28)29)20-14-26(31)30(36)27(32)15-20/h4,9,13-16,18,22-24,36H,2-3,5-8,10-12,17H2,1H3,(H,33,34). The molecule has 2 saturated carbocycles. The minimum atomic E-state index is -0.0779. The Labute approximate surface area is 229 Å². The molecule has 2 N–H and O–H groups in total. The number of rotatable bonds is 7. The third-order valence-corrected chi connectivity index (χ3v) is 9.15. The number of benzene rings is 2. The number of aromatic nitrogens is 1. The highest BCUT2D eigenvalue weighted by molar-refractivity contribution is 6.37. The molecule has 0 amide bonds.